The monoisotopic (exact) mass is 613 g/mol. The second-order valence-corrected chi connectivity index (χ2v) is 11.5. The topological polar surface area (TPSA) is 131 Å². The lowest BCUT2D eigenvalue weighted by atomic mass is 10.1. The summed E-state index contributed by atoms with van der Waals surface area (Å²) in [5, 5.41) is 5.86. The standard InChI is InChI=1S/C32H31N5O6S/c1-3-27(31(40)34-20-7-6-8-21(16-20)41-2)44-32-35-23-10-5-4-9-22(23)29-36-30(39)24(37(29)32)12-14-28(38)33-17-19-11-13-25-26(15-19)43-18-42-25/h4-11,13,15-16,24,27H,3,12,14,17-18H2,1-2H3,(H,33,38)(H,34,40). The Morgan fingerprint density at radius 1 is 1.07 bits per heavy atom. The van der Waals surface area contributed by atoms with Crippen LogP contribution in [-0.2, 0) is 20.9 Å². The zero-order valence-electron chi connectivity index (χ0n) is 24.2. The fourth-order valence-electron chi connectivity index (χ4n) is 5.14. The number of fused-ring (bicyclic) bond motifs is 4. The first-order chi connectivity index (χ1) is 21.4. The largest absolute Gasteiger partial charge is 0.497 e. The highest BCUT2D eigenvalue weighted by molar-refractivity contribution is 8.15. The molecular weight excluding hydrogens is 582 g/mol. The van der Waals surface area contributed by atoms with Crippen molar-refractivity contribution < 1.29 is 28.6 Å². The van der Waals surface area contributed by atoms with Gasteiger partial charge in [0.25, 0.3) is 5.91 Å². The molecule has 3 aliphatic heterocycles. The molecule has 2 unspecified atom stereocenters. The number of methoxy groups -OCH3 is 1. The van der Waals surface area contributed by atoms with Gasteiger partial charge in [0.2, 0.25) is 18.6 Å². The Labute approximate surface area is 258 Å². The van der Waals surface area contributed by atoms with Gasteiger partial charge in [0.05, 0.1) is 18.0 Å². The number of para-hydroxylation sites is 1. The van der Waals surface area contributed by atoms with Gasteiger partial charge in [0, 0.05) is 30.3 Å². The molecule has 0 radical (unpaired) electrons. The van der Waals surface area contributed by atoms with E-state index in [0.29, 0.717) is 52.6 Å². The molecule has 3 aromatic carbocycles. The number of anilines is 1. The van der Waals surface area contributed by atoms with E-state index in [4.69, 9.17) is 19.2 Å². The number of hydrogen-bond acceptors (Lipinski definition) is 9. The number of thioether (sulfide) groups is 1. The first-order valence-corrected chi connectivity index (χ1v) is 15.2. The normalized spacial score (nSPS) is 16.8. The number of aliphatic imine (C=N–C) groups is 2. The van der Waals surface area contributed by atoms with E-state index in [-0.39, 0.29) is 37.4 Å². The van der Waals surface area contributed by atoms with Crippen LogP contribution in [0.4, 0.5) is 11.4 Å². The van der Waals surface area contributed by atoms with E-state index in [1.165, 1.54) is 11.8 Å². The number of amidine groups is 2. The molecule has 3 amide bonds. The lowest BCUT2D eigenvalue weighted by Gasteiger charge is -2.32. The maximum atomic E-state index is 13.4. The molecule has 3 aliphatic rings. The summed E-state index contributed by atoms with van der Waals surface area (Å²) in [7, 11) is 1.57. The van der Waals surface area contributed by atoms with Gasteiger partial charge in [-0.3, -0.25) is 19.3 Å². The van der Waals surface area contributed by atoms with E-state index in [0.717, 1.165) is 11.1 Å². The minimum absolute atomic E-state index is 0.105. The van der Waals surface area contributed by atoms with E-state index >= 15 is 0 Å². The number of nitrogens with zero attached hydrogens (tertiary/aromatic N) is 3. The molecule has 2 atom stereocenters. The molecule has 0 bridgehead atoms. The third-order valence-electron chi connectivity index (χ3n) is 7.43. The molecule has 0 fully saturated rings. The molecule has 3 heterocycles. The van der Waals surface area contributed by atoms with Crippen LogP contribution >= 0.6 is 11.8 Å². The van der Waals surface area contributed by atoms with Crippen LogP contribution in [0.25, 0.3) is 0 Å². The summed E-state index contributed by atoms with van der Waals surface area (Å²) in [6.07, 6.45) is 0.850. The van der Waals surface area contributed by atoms with Crippen LogP contribution in [-0.4, -0.2) is 58.8 Å². The van der Waals surface area contributed by atoms with Crippen LogP contribution in [0.5, 0.6) is 17.2 Å². The quantitative estimate of drug-likeness (QED) is 0.339. The molecule has 0 saturated carbocycles. The highest BCUT2D eigenvalue weighted by Gasteiger charge is 2.42. The van der Waals surface area contributed by atoms with Crippen LogP contribution in [0.2, 0.25) is 0 Å². The SMILES string of the molecule is CCC(SC1=Nc2ccccc2C2=NC(=O)C(CCC(=O)NCc3ccc4c(c3)OCO4)N12)C(=O)Nc1cccc(OC)c1. The number of ether oxygens (including phenoxy) is 3. The van der Waals surface area contributed by atoms with Crippen molar-refractivity contribution in [3.8, 4) is 17.2 Å². The number of amides is 3. The fourth-order valence-corrected chi connectivity index (χ4v) is 6.20. The Balaban J connectivity index is 1.15. The Morgan fingerprint density at radius 3 is 2.75 bits per heavy atom. The Kier molecular flexibility index (Phi) is 8.51. The summed E-state index contributed by atoms with van der Waals surface area (Å²) in [4.78, 5) is 50.5. The van der Waals surface area contributed by atoms with Crippen molar-refractivity contribution in [2.75, 3.05) is 19.2 Å². The van der Waals surface area contributed by atoms with E-state index in [1.807, 2.05) is 49.4 Å². The molecule has 3 aromatic rings. The van der Waals surface area contributed by atoms with Crippen molar-refractivity contribution in [1.29, 1.82) is 0 Å². The van der Waals surface area contributed by atoms with E-state index in [1.54, 1.807) is 36.3 Å². The highest BCUT2D eigenvalue weighted by atomic mass is 32.2. The second kappa shape index (κ2) is 12.8. The summed E-state index contributed by atoms with van der Waals surface area (Å²) in [5.74, 6) is 1.70. The zero-order chi connectivity index (χ0) is 30.6. The number of nitrogens with one attached hydrogen (secondary N) is 2. The minimum atomic E-state index is -0.722. The number of rotatable bonds is 10. The molecule has 0 saturated heterocycles. The van der Waals surface area contributed by atoms with Crippen molar-refractivity contribution in [2.24, 2.45) is 9.98 Å². The van der Waals surface area contributed by atoms with Gasteiger partial charge < -0.3 is 24.8 Å². The van der Waals surface area contributed by atoms with Crippen molar-refractivity contribution in [3.05, 3.63) is 77.9 Å². The molecule has 2 N–H and O–H groups in total. The molecule has 0 aromatic heterocycles. The van der Waals surface area contributed by atoms with Crippen molar-refractivity contribution in [1.82, 2.24) is 10.2 Å². The van der Waals surface area contributed by atoms with E-state index in [2.05, 4.69) is 15.6 Å². The molecule has 11 nitrogen and oxygen atoms in total. The second-order valence-electron chi connectivity index (χ2n) is 10.3. The van der Waals surface area contributed by atoms with Crippen LogP contribution in [0.15, 0.2) is 76.7 Å². The van der Waals surface area contributed by atoms with Gasteiger partial charge >= 0.3 is 0 Å². The van der Waals surface area contributed by atoms with E-state index < -0.39 is 11.3 Å². The van der Waals surface area contributed by atoms with Crippen LogP contribution in [0.3, 0.4) is 0 Å². The van der Waals surface area contributed by atoms with E-state index in [9.17, 15) is 14.4 Å². The third kappa shape index (κ3) is 6.11. The van der Waals surface area contributed by atoms with Gasteiger partial charge in [-0.15, -0.1) is 0 Å². The van der Waals surface area contributed by atoms with Crippen molar-refractivity contribution in [2.45, 2.75) is 44.0 Å². The summed E-state index contributed by atoms with van der Waals surface area (Å²) >= 11 is 1.28. The van der Waals surface area contributed by atoms with Crippen LogP contribution in [0.1, 0.15) is 37.3 Å². The number of benzene rings is 3. The van der Waals surface area contributed by atoms with Crippen molar-refractivity contribution in [3.63, 3.8) is 0 Å². The first-order valence-electron chi connectivity index (χ1n) is 14.3. The van der Waals surface area contributed by atoms with Crippen LogP contribution in [0, 0.1) is 0 Å². The number of hydrogen-bond donors (Lipinski definition) is 2. The average molecular weight is 614 g/mol. The van der Waals surface area contributed by atoms with Gasteiger partial charge in [-0.1, -0.05) is 43.0 Å². The fraction of sp³-hybridized carbons (Fsp3) is 0.281. The van der Waals surface area contributed by atoms with Gasteiger partial charge in [0.1, 0.15) is 17.6 Å². The van der Waals surface area contributed by atoms with Gasteiger partial charge in [-0.2, -0.15) is 4.99 Å². The Morgan fingerprint density at radius 2 is 1.91 bits per heavy atom. The lowest BCUT2D eigenvalue weighted by molar-refractivity contribution is -0.122. The van der Waals surface area contributed by atoms with Gasteiger partial charge in [-0.05, 0) is 54.8 Å². The molecule has 0 spiro atoms. The third-order valence-corrected chi connectivity index (χ3v) is 8.76. The molecule has 12 heteroatoms. The van der Waals surface area contributed by atoms with Gasteiger partial charge in [0.15, 0.2) is 16.7 Å². The maximum Gasteiger partial charge on any atom is 0.270 e. The molecule has 226 valence electrons. The zero-order valence-corrected chi connectivity index (χ0v) is 25.1. The molecule has 6 rings (SSSR count). The molecular formula is C32H31N5O6S. The maximum absolute atomic E-state index is 13.4. The minimum Gasteiger partial charge on any atom is -0.497 e. The van der Waals surface area contributed by atoms with Crippen LogP contribution < -0.4 is 24.8 Å². The van der Waals surface area contributed by atoms with Crippen molar-refractivity contribution >= 4 is 51.9 Å². The summed E-state index contributed by atoms with van der Waals surface area (Å²) in [5.41, 5.74) is 2.89. The Bertz CT molecular complexity index is 1670. The molecule has 0 aliphatic carbocycles. The predicted molar refractivity (Wildman–Crippen MR) is 168 cm³/mol. The summed E-state index contributed by atoms with van der Waals surface area (Å²) in [6.45, 7) is 2.42. The average Bonchev–Trinajstić information content (AvgIpc) is 3.65. The Hall–Kier alpha value is -4.84. The summed E-state index contributed by atoms with van der Waals surface area (Å²) in [6, 6.07) is 19.4. The summed E-state index contributed by atoms with van der Waals surface area (Å²) < 4.78 is 16.0. The predicted octanol–water partition coefficient (Wildman–Crippen LogP) is 4.63. The first kappa shape index (κ1) is 29.2. The lowest BCUT2D eigenvalue weighted by Crippen LogP contribution is -2.45. The highest BCUT2D eigenvalue weighted by Crippen LogP contribution is 2.37. The number of carbonyl (C=O) groups is 3. The smallest absolute Gasteiger partial charge is 0.270 e. The number of carbonyl (C=O) groups excluding carboxylic acids is 3. The van der Waals surface area contributed by atoms with Gasteiger partial charge in [-0.25, -0.2) is 4.99 Å². The molecule has 44 heavy (non-hydrogen) atoms.